The van der Waals surface area contributed by atoms with Crippen LogP contribution in [0.5, 0.6) is 0 Å². The molecule has 0 aliphatic carbocycles. The average molecular weight is 208 g/mol. The van der Waals surface area contributed by atoms with E-state index in [1.807, 2.05) is 12.3 Å². The van der Waals surface area contributed by atoms with Gasteiger partial charge in [0.1, 0.15) is 0 Å². The lowest BCUT2D eigenvalue weighted by molar-refractivity contribution is 0.225. The molecule has 1 aliphatic heterocycles. The summed E-state index contributed by atoms with van der Waals surface area (Å²) in [5.74, 6) is 0. The Balaban J connectivity index is 1.86. The number of hydrogen-bond donors (Lipinski definition) is 3. The highest BCUT2D eigenvalue weighted by molar-refractivity contribution is 5.09. The average Bonchev–Trinajstić information content (AvgIpc) is 2.70. The van der Waals surface area contributed by atoms with Crippen molar-refractivity contribution < 1.29 is 0 Å². The SMILES string of the molecule is CN1CCNC(CC(N)c2ccc[nH]2)C1. The molecule has 1 aromatic heterocycles. The zero-order chi connectivity index (χ0) is 10.7. The van der Waals surface area contributed by atoms with Gasteiger partial charge in [-0.15, -0.1) is 0 Å². The monoisotopic (exact) mass is 208 g/mol. The number of nitrogens with zero attached hydrogens (tertiary/aromatic N) is 1. The van der Waals surface area contributed by atoms with E-state index < -0.39 is 0 Å². The molecule has 2 heterocycles. The predicted octanol–water partition coefficient (Wildman–Crippen LogP) is 0.308. The first-order valence-electron chi connectivity index (χ1n) is 5.56. The standard InChI is InChI=1S/C11H20N4/c1-15-6-5-13-9(8-15)7-10(12)11-3-2-4-14-11/h2-4,9-10,13-14H,5-8,12H2,1H3. The molecule has 1 aliphatic rings. The van der Waals surface area contributed by atoms with Crippen LogP contribution >= 0.6 is 0 Å². The Kier molecular flexibility index (Phi) is 3.41. The normalized spacial score (nSPS) is 25.3. The van der Waals surface area contributed by atoms with Crippen molar-refractivity contribution in [2.45, 2.75) is 18.5 Å². The summed E-state index contributed by atoms with van der Waals surface area (Å²) >= 11 is 0. The Bertz CT molecular complexity index is 283. The van der Waals surface area contributed by atoms with Crippen molar-refractivity contribution in [3.63, 3.8) is 0 Å². The number of aromatic amines is 1. The number of rotatable bonds is 3. The van der Waals surface area contributed by atoms with E-state index in [4.69, 9.17) is 5.73 Å². The zero-order valence-corrected chi connectivity index (χ0v) is 9.24. The first kappa shape index (κ1) is 10.7. The van der Waals surface area contributed by atoms with Crippen LogP contribution < -0.4 is 11.1 Å². The Morgan fingerprint density at radius 1 is 1.67 bits per heavy atom. The maximum atomic E-state index is 6.13. The van der Waals surface area contributed by atoms with E-state index in [0.717, 1.165) is 31.7 Å². The van der Waals surface area contributed by atoms with Gasteiger partial charge in [-0.25, -0.2) is 0 Å². The molecule has 2 rings (SSSR count). The number of aromatic nitrogens is 1. The van der Waals surface area contributed by atoms with Gasteiger partial charge in [0, 0.05) is 43.6 Å². The fourth-order valence-corrected chi connectivity index (χ4v) is 2.16. The highest BCUT2D eigenvalue weighted by Crippen LogP contribution is 2.15. The van der Waals surface area contributed by atoms with Crippen molar-refractivity contribution >= 4 is 0 Å². The quantitative estimate of drug-likeness (QED) is 0.670. The fraction of sp³-hybridized carbons (Fsp3) is 0.636. The Morgan fingerprint density at radius 2 is 2.53 bits per heavy atom. The minimum absolute atomic E-state index is 0.115. The van der Waals surface area contributed by atoms with Gasteiger partial charge in [-0.3, -0.25) is 0 Å². The van der Waals surface area contributed by atoms with Gasteiger partial charge in [-0.05, 0) is 25.6 Å². The van der Waals surface area contributed by atoms with Crippen LogP contribution in [0.15, 0.2) is 18.3 Å². The second kappa shape index (κ2) is 4.79. The van der Waals surface area contributed by atoms with E-state index in [1.165, 1.54) is 0 Å². The largest absolute Gasteiger partial charge is 0.364 e. The van der Waals surface area contributed by atoms with Gasteiger partial charge >= 0.3 is 0 Å². The number of piperazine rings is 1. The molecule has 0 amide bonds. The molecule has 0 bridgehead atoms. The van der Waals surface area contributed by atoms with E-state index in [-0.39, 0.29) is 6.04 Å². The lowest BCUT2D eigenvalue weighted by Gasteiger charge is -2.32. The third-order valence-corrected chi connectivity index (χ3v) is 3.02. The molecule has 4 nitrogen and oxygen atoms in total. The fourth-order valence-electron chi connectivity index (χ4n) is 2.16. The molecule has 0 radical (unpaired) electrons. The summed E-state index contributed by atoms with van der Waals surface area (Å²) in [5, 5.41) is 3.51. The van der Waals surface area contributed by atoms with Crippen molar-refractivity contribution in [2.24, 2.45) is 5.73 Å². The van der Waals surface area contributed by atoms with Crippen molar-refractivity contribution in [2.75, 3.05) is 26.7 Å². The molecular weight excluding hydrogens is 188 g/mol. The smallest absolute Gasteiger partial charge is 0.0463 e. The first-order chi connectivity index (χ1) is 7.25. The van der Waals surface area contributed by atoms with Crippen molar-refractivity contribution in [1.29, 1.82) is 0 Å². The van der Waals surface area contributed by atoms with Gasteiger partial charge in [0.25, 0.3) is 0 Å². The summed E-state index contributed by atoms with van der Waals surface area (Å²) in [4.78, 5) is 5.52. The predicted molar refractivity (Wildman–Crippen MR) is 61.6 cm³/mol. The minimum Gasteiger partial charge on any atom is -0.364 e. The third-order valence-electron chi connectivity index (χ3n) is 3.02. The van der Waals surface area contributed by atoms with Crippen LogP contribution in [0.1, 0.15) is 18.2 Å². The van der Waals surface area contributed by atoms with Gasteiger partial charge in [-0.1, -0.05) is 0 Å². The molecule has 84 valence electrons. The Hall–Kier alpha value is -0.840. The molecule has 1 saturated heterocycles. The summed E-state index contributed by atoms with van der Waals surface area (Å²) < 4.78 is 0. The van der Waals surface area contributed by atoms with Crippen LogP contribution in [0.4, 0.5) is 0 Å². The first-order valence-corrected chi connectivity index (χ1v) is 5.56. The van der Waals surface area contributed by atoms with E-state index in [9.17, 15) is 0 Å². The highest BCUT2D eigenvalue weighted by Gasteiger charge is 2.19. The van der Waals surface area contributed by atoms with Gasteiger partial charge in [0.2, 0.25) is 0 Å². The molecule has 0 aromatic carbocycles. The van der Waals surface area contributed by atoms with Crippen LogP contribution in [-0.4, -0.2) is 42.6 Å². The molecule has 1 aromatic rings. The van der Waals surface area contributed by atoms with Crippen LogP contribution in [0.2, 0.25) is 0 Å². The van der Waals surface area contributed by atoms with Gasteiger partial charge < -0.3 is 20.9 Å². The van der Waals surface area contributed by atoms with Crippen molar-refractivity contribution in [1.82, 2.24) is 15.2 Å². The molecule has 1 fully saturated rings. The number of likely N-dealkylation sites (N-methyl/N-ethyl adjacent to an activating group) is 1. The molecule has 4 N–H and O–H groups in total. The summed E-state index contributed by atoms with van der Waals surface area (Å²) in [6.07, 6.45) is 2.92. The number of hydrogen-bond acceptors (Lipinski definition) is 3. The van der Waals surface area contributed by atoms with E-state index in [2.05, 4.69) is 28.3 Å². The number of nitrogens with one attached hydrogen (secondary N) is 2. The molecule has 2 atom stereocenters. The molecule has 2 unspecified atom stereocenters. The molecule has 15 heavy (non-hydrogen) atoms. The number of nitrogens with two attached hydrogens (primary N) is 1. The van der Waals surface area contributed by atoms with E-state index >= 15 is 0 Å². The van der Waals surface area contributed by atoms with E-state index in [0.29, 0.717) is 6.04 Å². The summed E-state index contributed by atoms with van der Waals surface area (Å²) in [6.45, 7) is 3.29. The van der Waals surface area contributed by atoms with Crippen LogP contribution in [0.25, 0.3) is 0 Å². The third kappa shape index (κ3) is 2.81. The van der Waals surface area contributed by atoms with Crippen LogP contribution in [0, 0.1) is 0 Å². The molecule has 0 spiro atoms. The van der Waals surface area contributed by atoms with Crippen LogP contribution in [0.3, 0.4) is 0 Å². The Labute approximate surface area is 90.8 Å². The molecular formula is C11H20N4. The molecule has 0 saturated carbocycles. The summed E-state index contributed by atoms with van der Waals surface area (Å²) in [7, 11) is 2.16. The van der Waals surface area contributed by atoms with E-state index in [1.54, 1.807) is 0 Å². The maximum Gasteiger partial charge on any atom is 0.0463 e. The zero-order valence-electron chi connectivity index (χ0n) is 9.24. The van der Waals surface area contributed by atoms with Gasteiger partial charge in [0.05, 0.1) is 0 Å². The number of H-pyrrole nitrogens is 1. The topological polar surface area (TPSA) is 57.1 Å². The second-order valence-electron chi connectivity index (χ2n) is 4.38. The molecule has 4 heteroatoms. The Morgan fingerprint density at radius 3 is 3.20 bits per heavy atom. The highest BCUT2D eigenvalue weighted by atomic mass is 15.2. The summed E-state index contributed by atoms with van der Waals surface area (Å²) in [5.41, 5.74) is 7.26. The second-order valence-corrected chi connectivity index (χ2v) is 4.38. The van der Waals surface area contributed by atoms with Crippen LogP contribution in [-0.2, 0) is 0 Å². The summed E-state index contributed by atoms with van der Waals surface area (Å²) in [6, 6.07) is 4.68. The van der Waals surface area contributed by atoms with Gasteiger partial charge in [-0.2, -0.15) is 0 Å². The van der Waals surface area contributed by atoms with Crippen molar-refractivity contribution in [3.8, 4) is 0 Å². The lowest BCUT2D eigenvalue weighted by Crippen LogP contribution is -2.49. The lowest BCUT2D eigenvalue weighted by atomic mass is 10.0. The van der Waals surface area contributed by atoms with Crippen molar-refractivity contribution in [3.05, 3.63) is 24.0 Å². The maximum absolute atomic E-state index is 6.13. The van der Waals surface area contributed by atoms with Gasteiger partial charge in [0.15, 0.2) is 0 Å². The minimum atomic E-state index is 0.115.